The van der Waals surface area contributed by atoms with E-state index in [9.17, 15) is 8.78 Å². The van der Waals surface area contributed by atoms with Crippen molar-refractivity contribution in [1.82, 2.24) is 10.2 Å². The van der Waals surface area contributed by atoms with Gasteiger partial charge < -0.3 is 10.4 Å². The molecule has 1 heterocycles. The summed E-state index contributed by atoms with van der Waals surface area (Å²) in [6, 6.07) is 0.829. The minimum atomic E-state index is -2.27. The van der Waals surface area contributed by atoms with Crippen molar-refractivity contribution in [3.8, 4) is 0 Å². The summed E-state index contributed by atoms with van der Waals surface area (Å²) in [5, 5.41) is 12.0. The van der Waals surface area contributed by atoms with Crippen molar-refractivity contribution < 1.29 is 13.9 Å². The molecule has 0 bridgehead atoms. The molecule has 0 aromatic heterocycles. The first kappa shape index (κ1) is 16.1. The topological polar surface area (TPSA) is 35.5 Å². The number of aliphatic hydroxyl groups is 1. The van der Waals surface area contributed by atoms with E-state index in [1.165, 1.54) is 12.8 Å². The fourth-order valence-electron chi connectivity index (χ4n) is 3.69. The van der Waals surface area contributed by atoms with Gasteiger partial charge in [0.1, 0.15) is 0 Å². The number of halogens is 2. The smallest absolute Gasteiger partial charge is 0.250 e. The zero-order valence-electron chi connectivity index (χ0n) is 12.4. The number of hydrogen-bond acceptors (Lipinski definition) is 3. The third kappa shape index (κ3) is 4.64. The highest BCUT2D eigenvalue weighted by Gasteiger charge is 2.36. The number of nitrogens with one attached hydrogen (secondary N) is 1. The molecule has 1 saturated carbocycles. The molecule has 0 aromatic rings. The second kappa shape index (κ2) is 7.66. The molecule has 1 saturated heterocycles. The predicted octanol–water partition coefficient (Wildman–Crippen LogP) is 2.10. The lowest BCUT2D eigenvalue weighted by Crippen LogP contribution is -2.56. The summed E-state index contributed by atoms with van der Waals surface area (Å²) in [4.78, 5) is 2.49. The van der Waals surface area contributed by atoms with E-state index in [0.717, 1.165) is 38.3 Å². The Hall–Kier alpha value is -0.260. The molecule has 2 aliphatic rings. The zero-order valence-corrected chi connectivity index (χ0v) is 12.4. The lowest BCUT2D eigenvalue weighted by molar-refractivity contribution is 0.0268. The number of likely N-dealkylation sites (tertiary alicyclic amines) is 1. The monoisotopic (exact) mass is 290 g/mol. The van der Waals surface area contributed by atoms with Gasteiger partial charge in [-0.2, -0.15) is 0 Å². The number of hydrogen-bond donors (Lipinski definition) is 2. The normalized spacial score (nSPS) is 35.2. The molecule has 2 unspecified atom stereocenters. The van der Waals surface area contributed by atoms with Crippen LogP contribution < -0.4 is 5.32 Å². The molecule has 2 rings (SSSR count). The van der Waals surface area contributed by atoms with Crippen LogP contribution in [-0.4, -0.2) is 54.8 Å². The molecule has 2 atom stereocenters. The Kier molecular flexibility index (Phi) is 6.18. The van der Waals surface area contributed by atoms with Gasteiger partial charge in [0.2, 0.25) is 0 Å². The molecule has 3 nitrogen and oxygen atoms in total. The quantitative estimate of drug-likeness (QED) is 0.754. The average molecular weight is 290 g/mol. The molecule has 118 valence electrons. The maximum Gasteiger partial charge on any atom is 0.250 e. The summed E-state index contributed by atoms with van der Waals surface area (Å²) in [6.07, 6.45) is 3.00. The van der Waals surface area contributed by atoms with E-state index in [-0.39, 0.29) is 19.2 Å². The van der Waals surface area contributed by atoms with Crippen LogP contribution in [-0.2, 0) is 0 Å². The van der Waals surface area contributed by atoms with E-state index >= 15 is 0 Å². The average Bonchev–Trinajstić information content (AvgIpc) is 2.39. The Morgan fingerprint density at radius 2 is 2.00 bits per heavy atom. The van der Waals surface area contributed by atoms with Crippen LogP contribution in [0.25, 0.3) is 0 Å². The highest BCUT2D eigenvalue weighted by Crippen LogP contribution is 2.34. The molecular formula is C15H28F2N2O. The maximum absolute atomic E-state index is 12.4. The van der Waals surface area contributed by atoms with Crippen molar-refractivity contribution in [3.63, 3.8) is 0 Å². The summed E-state index contributed by atoms with van der Waals surface area (Å²) in [5.41, 5.74) is 0. The Bertz CT molecular complexity index is 285. The molecule has 0 radical (unpaired) electrons. The van der Waals surface area contributed by atoms with Crippen molar-refractivity contribution in [1.29, 1.82) is 0 Å². The summed E-state index contributed by atoms with van der Waals surface area (Å²) in [5.74, 6) is 1.34. The Morgan fingerprint density at radius 3 is 2.60 bits per heavy atom. The van der Waals surface area contributed by atoms with Gasteiger partial charge in [-0.25, -0.2) is 8.78 Å². The van der Waals surface area contributed by atoms with Gasteiger partial charge in [0.25, 0.3) is 6.43 Å². The van der Waals surface area contributed by atoms with Gasteiger partial charge in [0.05, 0.1) is 6.54 Å². The molecular weight excluding hydrogens is 262 g/mol. The first-order valence-electron chi connectivity index (χ1n) is 7.95. The molecule has 2 fully saturated rings. The molecule has 0 aromatic carbocycles. The lowest BCUT2D eigenvalue weighted by Gasteiger charge is -2.47. The third-order valence-corrected chi connectivity index (χ3v) is 4.76. The molecule has 0 spiro atoms. The van der Waals surface area contributed by atoms with E-state index < -0.39 is 6.43 Å². The second-order valence-electron chi connectivity index (χ2n) is 6.65. The summed E-state index contributed by atoms with van der Waals surface area (Å²) in [6.45, 7) is 4.28. The fraction of sp³-hybridized carbons (Fsp3) is 1.00. The van der Waals surface area contributed by atoms with E-state index in [1.807, 2.05) is 0 Å². The number of piperidine rings is 1. The Morgan fingerprint density at radius 1 is 1.25 bits per heavy atom. The zero-order chi connectivity index (χ0) is 14.5. The van der Waals surface area contributed by atoms with Gasteiger partial charge >= 0.3 is 0 Å². The summed E-state index contributed by atoms with van der Waals surface area (Å²) in [7, 11) is 0. The van der Waals surface area contributed by atoms with Crippen molar-refractivity contribution in [3.05, 3.63) is 0 Å². The highest BCUT2D eigenvalue weighted by molar-refractivity contribution is 4.92. The third-order valence-electron chi connectivity index (χ3n) is 4.76. The van der Waals surface area contributed by atoms with Crippen LogP contribution in [0, 0.1) is 11.8 Å². The number of aliphatic hydroxyl groups excluding tert-OH is 1. The largest absolute Gasteiger partial charge is 0.396 e. The SMILES string of the molecule is CC1CC(N2CC(CCCO)CC(NCC(F)F)C2)C1. The van der Waals surface area contributed by atoms with Crippen molar-refractivity contribution in [2.75, 3.05) is 26.2 Å². The van der Waals surface area contributed by atoms with Gasteiger partial charge in [-0.05, 0) is 43.9 Å². The first-order valence-corrected chi connectivity index (χ1v) is 7.95. The van der Waals surface area contributed by atoms with Gasteiger partial charge in [-0.1, -0.05) is 6.92 Å². The maximum atomic E-state index is 12.4. The molecule has 1 aliphatic carbocycles. The number of alkyl halides is 2. The van der Waals surface area contributed by atoms with Crippen LogP contribution in [0.15, 0.2) is 0 Å². The van der Waals surface area contributed by atoms with E-state index in [2.05, 4.69) is 17.1 Å². The molecule has 20 heavy (non-hydrogen) atoms. The van der Waals surface area contributed by atoms with Crippen LogP contribution in [0.5, 0.6) is 0 Å². The Labute approximate surface area is 120 Å². The van der Waals surface area contributed by atoms with Crippen LogP contribution in [0.3, 0.4) is 0 Å². The molecule has 1 aliphatic heterocycles. The highest BCUT2D eigenvalue weighted by atomic mass is 19.3. The van der Waals surface area contributed by atoms with Crippen molar-refractivity contribution in [2.45, 2.75) is 57.5 Å². The summed E-state index contributed by atoms with van der Waals surface area (Å²) < 4.78 is 24.7. The van der Waals surface area contributed by atoms with Crippen LogP contribution in [0.1, 0.15) is 39.0 Å². The van der Waals surface area contributed by atoms with Crippen molar-refractivity contribution in [2.24, 2.45) is 11.8 Å². The van der Waals surface area contributed by atoms with Crippen LogP contribution >= 0.6 is 0 Å². The number of nitrogens with zero attached hydrogens (tertiary/aromatic N) is 1. The van der Waals surface area contributed by atoms with E-state index in [0.29, 0.717) is 12.0 Å². The molecule has 5 heteroatoms. The molecule has 2 N–H and O–H groups in total. The standard InChI is InChI=1S/C15H28F2N2O/c1-11-5-14(6-11)19-9-12(3-2-4-20)7-13(10-19)18-8-15(16)17/h11-15,18,20H,2-10H2,1H3. The predicted molar refractivity (Wildman–Crippen MR) is 76.0 cm³/mol. The van der Waals surface area contributed by atoms with Crippen molar-refractivity contribution >= 4 is 0 Å². The van der Waals surface area contributed by atoms with Crippen LogP contribution in [0.2, 0.25) is 0 Å². The van der Waals surface area contributed by atoms with E-state index in [4.69, 9.17) is 5.11 Å². The summed E-state index contributed by atoms with van der Waals surface area (Å²) >= 11 is 0. The van der Waals surface area contributed by atoms with Gasteiger partial charge in [-0.3, -0.25) is 4.90 Å². The van der Waals surface area contributed by atoms with Gasteiger partial charge in [0, 0.05) is 31.8 Å². The lowest BCUT2D eigenvalue weighted by atomic mass is 9.78. The van der Waals surface area contributed by atoms with Gasteiger partial charge in [0.15, 0.2) is 0 Å². The Balaban J connectivity index is 1.84. The minimum absolute atomic E-state index is 0.178. The fourth-order valence-corrected chi connectivity index (χ4v) is 3.69. The second-order valence-corrected chi connectivity index (χ2v) is 6.65. The number of rotatable bonds is 7. The minimum Gasteiger partial charge on any atom is -0.396 e. The first-order chi connectivity index (χ1) is 9.58. The van der Waals surface area contributed by atoms with E-state index in [1.54, 1.807) is 0 Å². The van der Waals surface area contributed by atoms with Gasteiger partial charge in [-0.15, -0.1) is 0 Å². The molecule has 0 amide bonds. The van der Waals surface area contributed by atoms with Crippen LogP contribution in [0.4, 0.5) is 8.78 Å².